The smallest absolute Gasteiger partial charge is 0.311 e. The van der Waals surface area contributed by atoms with Crippen LogP contribution in [0.2, 0.25) is 0 Å². The van der Waals surface area contributed by atoms with Crippen LogP contribution in [0.1, 0.15) is 153 Å². The summed E-state index contributed by atoms with van der Waals surface area (Å²) in [4.78, 5) is 45.5. The zero-order chi connectivity index (χ0) is 56.7. The minimum Gasteiger partial charge on any atom is -0.459 e. The molecule has 18 heteroatoms. The number of rotatable bonds is 12. The van der Waals surface area contributed by atoms with Crippen LogP contribution in [0.25, 0.3) is 0 Å². The third kappa shape index (κ3) is 11.0. The molecule has 440 valence electrons. The zero-order valence-corrected chi connectivity index (χ0v) is 48.9. The van der Waals surface area contributed by atoms with Crippen molar-refractivity contribution in [2.75, 3.05) is 40.8 Å². The number of ketones is 1. The van der Waals surface area contributed by atoms with Gasteiger partial charge >= 0.3 is 5.97 Å². The molecule has 3 heterocycles. The monoisotopic (exact) mass is 1090 g/mol. The van der Waals surface area contributed by atoms with E-state index < -0.39 is 107 Å². The summed E-state index contributed by atoms with van der Waals surface area (Å²) in [6, 6.07) is -1.08. The van der Waals surface area contributed by atoms with Crippen LogP contribution in [0.5, 0.6) is 0 Å². The highest BCUT2D eigenvalue weighted by molar-refractivity contribution is 5.91. The average Bonchev–Trinajstić information content (AvgIpc) is 3.76. The van der Waals surface area contributed by atoms with Crippen LogP contribution in [0.4, 0.5) is 0 Å². The number of allylic oxidation sites excluding steroid dienone is 1. The minimum atomic E-state index is -1.94. The van der Waals surface area contributed by atoms with Crippen LogP contribution in [-0.4, -0.2) is 195 Å². The Morgan fingerprint density at radius 3 is 2.29 bits per heavy atom. The summed E-state index contributed by atoms with van der Waals surface area (Å²) in [5.41, 5.74) is -4.97. The van der Waals surface area contributed by atoms with Crippen molar-refractivity contribution in [1.29, 1.82) is 0 Å². The third-order valence-corrected chi connectivity index (χ3v) is 21.8. The number of aliphatic hydroxyl groups excluding tert-OH is 4. The van der Waals surface area contributed by atoms with E-state index in [1.807, 2.05) is 57.7 Å². The van der Waals surface area contributed by atoms with Crippen molar-refractivity contribution in [3.8, 4) is 0 Å². The van der Waals surface area contributed by atoms with E-state index in [1.165, 1.54) is 19.6 Å². The number of likely N-dealkylation sites (N-methyl/N-ethyl adjacent to an activating group) is 1. The van der Waals surface area contributed by atoms with E-state index >= 15 is 0 Å². The molecule has 4 saturated carbocycles. The quantitative estimate of drug-likeness (QED) is 0.107. The van der Waals surface area contributed by atoms with Gasteiger partial charge < -0.3 is 69.3 Å². The molecule has 5 aliphatic carbocycles. The lowest BCUT2D eigenvalue weighted by atomic mass is 9.46. The predicted molar refractivity (Wildman–Crippen MR) is 286 cm³/mol. The molecule has 0 aromatic carbocycles. The van der Waals surface area contributed by atoms with Gasteiger partial charge in [-0.15, -0.1) is 0 Å². The number of ether oxygens (including phenoxy) is 6. The molecule has 0 aromatic heterocycles. The molecule has 8 aliphatic rings. The van der Waals surface area contributed by atoms with Gasteiger partial charge in [-0.25, -0.2) is 0 Å². The molecule has 7 N–H and O–H groups in total. The number of carbonyl (C=O) groups excluding carboxylic acids is 3. The standard InChI is InChI=1S/C59H99N3O15/c1-15-43-58(11,70)48(66)34(5)62(24-16-23-60-51(68)40-20-19-39-38-18-17-36-26-37(63)21-22-55(36,8)45(38)42(64)27-56(39,40)9)30-54(7)29-59(54,71)50(77-53-46(65)41(61(12)13)25-31(2)73-53)32(3)47(33(4)52(69)75-43)76-44-28-57(10,72-14)49(67)35(6)74-44/h26,31-35,38-50,53,64-67,70-71H,15-25,27-30H2,1-14H3,(H,60,68)/t31-,32+,33?,34-,35?,38?,39?,40-,41-,42+,43-,44-,45?,46-,47+,48-,49-,50-,53+,54+,55+,56+,57+,58-,59-/m1/s1. The summed E-state index contributed by atoms with van der Waals surface area (Å²) in [5.74, 6) is -2.11. The second kappa shape index (κ2) is 22.5. The van der Waals surface area contributed by atoms with Gasteiger partial charge in [0.25, 0.3) is 0 Å². The number of aliphatic hydroxyl groups is 6. The molecule has 7 fully saturated rings. The van der Waals surface area contributed by atoms with Crippen molar-refractivity contribution in [2.24, 2.45) is 51.8 Å². The fraction of sp³-hybridized carbons (Fsp3) is 0.915. The first kappa shape index (κ1) is 60.9. The Balaban J connectivity index is 1.06. The summed E-state index contributed by atoms with van der Waals surface area (Å²) in [5, 5.41) is 76.3. The molecule has 18 nitrogen and oxygen atoms in total. The van der Waals surface area contributed by atoms with Gasteiger partial charge in [-0.3, -0.25) is 19.3 Å². The van der Waals surface area contributed by atoms with Crippen molar-refractivity contribution in [3.05, 3.63) is 11.6 Å². The average molecular weight is 1090 g/mol. The number of nitrogens with zero attached hydrogens (tertiary/aromatic N) is 2. The number of cyclic esters (lactones) is 1. The van der Waals surface area contributed by atoms with Gasteiger partial charge in [-0.05, 0) is 155 Å². The largest absolute Gasteiger partial charge is 0.459 e. The molecule has 3 saturated heterocycles. The lowest BCUT2D eigenvalue weighted by molar-refractivity contribution is -0.314. The van der Waals surface area contributed by atoms with E-state index in [2.05, 4.69) is 19.2 Å². The fourth-order valence-corrected chi connectivity index (χ4v) is 16.8. The van der Waals surface area contributed by atoms with Gasteiger partial charge in [0.1, 0.15) is 30.0 Å². The number of methoxy groups -OCH3 is 1. The Labute approximate surface area is 458 Å². The number of carbonyl (C=O) groups is 3. The molecular weight excluding hydrogens is 991 g/mol. The molecule has 3 aliphatic heterocycles. The number of amides is 1. The van der Waals surface area contributed by atoms with Crippen molar-refractivity contribution in [1.82, 2.24) is 15.1 Å². The van der Waals surface area contributed by atoms with Gasteiger partial charge in [0, 0.05) is 68.9 Å². The van der Waals surface area contributed by atoms with Crippen molar-refractivity contribution >= 4 is 17.7 Å². The first-order chi connectivity index (χ1) is 35.9. The van der Waals surface area contributed by atoms with Crippen LogP contribution < -0.4 is 5.32 Å². The maximum absolute atomic E-state index is 14.7. The molecule has 0 aromatic rings. The molecule has 25 atom stereocenters. The Morgan fingerprint density at radius 1 is 0.922 bits per heavy atom. The second-order valence-corrected chi connectivity index (χ2v) is 27.1. The predicted octanol–water partition coefficient (Wildman–Crippen LogP) is 4.26. The van der Waals surface area contributed by atoms with Gasteiger partial charge in [0.05, 0.1) is 47.6 Å². The summed E-state index contributed by atoms with van der Waals surface area (Å²) in [6.45, 7) is 21.2. The summed E-state index contributed by atoms with van der Waals surface area (Å²) in [6.07, 6.45) is -2.14. The second-order valence-electron chi connectivity index (χ2n) is 27.1. The van der Waals surface area contributed by atoms with Gasteiger partial charge in [0.2, 0.25) is 5.91 Å². The summed E-state index contributed by atoms with van der Waals surface area (Å²) >= 11 is 0. The molecule has 5 unspecified atom stereocenters. The maximum atomic E-state index is 14.7. The molecule has 0 bridgehead atoms. The van der Waals surface area contributed by atoms with E-state index in [0.29, 0.717) is 38.8 Å². The van der Waals surface area contributed by atoms with Crippen molar-refractivity contribution < 1.29 is 73.4 Å². The van der Waals surface area contributed by atoms with Gasteiger partial charge in [-0.1, -0.05) is 40.2 Å². The Hall–Kier alpha value is -2.17. The number of nitrogens with one attached hydrogen (secondary N) is 1. The summed E-state index contributed by atoms with van der Waals surface area (Å²) in [7, 11) is 5.27. The number of esters is 1. The van der Waals surface area contributed by atoms with Crippen molar-refractivity contribution in [2.45, 2.75) is 250 Å². The third-order valence-electron chi connectivity index (χ3n) is 21.8. The molecular formula is C59H99N3O15. The van der Waals surface area contributed by atoms with Crippen LogP contribution >= 0.6 is 0 Å². The molecule has 0 radical (unpaired) electrons. The van der Waals surface area contributed by atoms with Gasteiger partial charge in [0.15, 0.2) is 18.4 Å². The molecule has 77 heavy (non-hydrogen) atoms. The highest BCUT2D eigenvalue weighted by Crippen LogP contribution is 2.67. The minimum absolute atomic E-state index is 0.0336. The molecule has 8 rings (SSSR count). The van der Waals surface area contributed by atoms with E-state index in [9.17, 15) is 45.0 Å². The lowest BCUT2D eigenvalue weighted by Crippen LogP contribution is -2.62. The Bertz CT molecular complexity index is 2160. The fourth-order valence-electron chi connectivity index (χ4n) is 16.8. The first-order valence-electron chi connectivity index (χ1n) is 29.4. The SMILES string of the molecule is CC[C@H]1OC(=O)C(C)[C@@H](O[C@@H]2C[C@](C)(OC)[C@H](O)C(C)O2)[C@H](C)[C@@H](O[C@@H]2O[C@H](C)C[C@@H](N(C)C)[C@H]2O)[C@]2(O)C[C@@]2(C)CN(CCCNC(=O)[C@H]2CCC3C4CCC5=CC(=O)CC[C@]5(C)C4[C@@H](O)C[C@@]32C)[C@H](C)[C@@H](O)[C@]1(C)O. The maximum Gasteiger partial charge on any atom is 0.311 e. The van der Waals surface area contributed by atoms with E-state index in [1.54, 1.807) is 27.7 Å². The van der Waals surface area contributed by atoms with Crippen molar-refractivity contribution in [3.63, 3.8) is 0 Å². The van der Waals surface area contributed by atoms with E-state index in [4.69, 9.17) is 28.4 Å². The molecule has 0 spiro atoms. The summed E-state index contributed by atoms with van der Waals surface area (Å²) < 4.78 is 38.5. The van der Waals surface area contributed by atoms with E-state index in [-0.39, 0.29) is 84.1 Å². The zero-order valence-electron chi connectivity index (χ0n) is 48.9. The van der Waals surface area contributed by atoms with Gasteiger partial charge in [-0.2, -0.15) is 0 Å². The van der Waals surface area contributed by atoms with E-state index in [0.717, 1.165) is 32.1 Å². The number of hydrogen-bond donors (Lipinski definition) is 7. The Morgan fingerprint density at radius 2 is 1.62 bits per heavy atom. The Kier molecular flexibility index (Phi) is 17.8. The van der Waals surface area contributed by atoms with Crippen LogP contribution in [-0.2, 0) is 42.8 Å². The highest BCUT2D eigenvalue weighted by atomic mass is 16.7. The van der Waals surface area contributed by atoms with Crippen LogP contribution in [0.3, 0.4) is 0 Å². The first-order valence-corrected chi connectivity index (χ1v) is 29.4. The topological polar surface area (TPSA) is 246 Å². The highest BCUT2D eigenvalue weighted by Gasteiger charge is 2.71. The van der Waals surface area contributed by atoms with Crippen LogP contribution in [0, 0.1) is 51.8 Å². The number of hydrogen-bond acceptors (Lipinski definition) is 17. The lowest BCUT2D eigenvalue weighted by Gasteiger charge is -2.59. The normalized spacial score (nSPS) is 50.8. The molecule has 1 amide bonds. The van der Waals surface area contributed by atoms with Crippen LogP contribution in [0.15, 0.2) is 11.6 Å². The number of fused-ring (bicyclic) bond motifs is 6.